The average molecular weight is 652 g/mol. The van der Waals surface area contributed by atoms with Crippen molar-refractivity contribution in [1.82, 2.24) is 0 Å². The summed E-state index contributed by atoms with van der Waals surface area (Å²) in [4.78, 5) is 0. The molecular formula is C35H29Cl3O6. The van der Waals surface area contributed by atoms with Crippen LogP contribution < -0.4 is 28.1 Å². The van der Waals surface area contributed by atoms with E-state index in [2.05, 4.69) is 80.6 Å². The standard InChI is InChI=1S/C35H29Cl2O2.ClHO4/c1-24-6-18-32(19-7-24)38-22-28-4-3-5-29(23-39-33-20-8-25(2)9-21-33)35(28)34(26-10-14-30(36)15-11-26)27-12-16-31(37)17-13-27;2-1(3,4)5/h3-21H,22-23H2,1-2H3;(H,2,3,4,5)/q+1;/p-1. The maximum absolute atomic E-state index is 8.49. The molecule has 1 aliphatic carbocycles. The quantitative estimate of drug-likeness (QED) is 0.251. The maximum atomic E-state index is 8.49. The molecule has 0 fully saturated rings. The minimum Gasteiger partial charge on any atom is -0.479 e. The second-order valence-corrected chi connectivity index (χ2v) is 11.6. The minimum atomic E-state index is -4.94. The number of allylic oxidation sites excluding steroid dienone is 2. The van der Waals surface area contributed by atoms with Crippen LogP contribution in [0.5, 0.6) is 11.5 Å². The van der Waals surface area contributed by atoms with Crippen molar-refractivity contribution in [3.63, 3.8) is 0 Å². The smallest absolute Gasteiger partial charge is 0.148 e. The molecule has 4 aromatic carbocycles. The fraction of sp³-hybridized carbons (Fsp3) is 0.114. The van der Waals surface area contributed by atoms with Gasteiger partial charge in [-0.1, -0.05) is 58.6 Å². The molecule has 5 rings (SSSR count). The van der Waals surface area contributed by atoms with Crippen LogP contribution in [-0.4, -0.2) is 13.2 Å². The van der Waals surface area contributed by atoms with Crippen molar-refractivity contribution in [2.24, 2.45) is 0 Å². The fourth-order valence-corrected chi connectivity index (χ4v) is 4.75. The molecule has 0 spiro atoms. The van der Waals surface area contributed by atoms with E-state index in [4.69, 9.17) is 51.3 Å². The second kappa shape index (κ2) is 15.3. The Kier molecular flexibility index (Phi) is 11.6. The van der Waals surface area contributed by atoms with Crippen molar-refractivity contribution in [1.29, 1.82) is 0 Å². The summed E-state index contributed by atoms with van der Waals surface area (Å²) in [5.74, 6) is 2.71. The molecule has 0 atom stereocenters. The summed E-state index contributed by atoms with van der Waals surface area (Å²) < 4.78 is 46.5. The van der Waals surface area contributed by atoms with Crippen molar-refractivity contribution < 1.29 is 38.4 Å². The van der Waals surface area contributed by atoms with Gasteiger partial charge in [0.15, 0.2) is 0 Å². The molecule has 0 saturated carbocycles. The summed E-state index contributed by atoms with van der Waals surface area (Å²) in [6.07, 6.45) is 6.29. The molecule has 0 aliphatic heterocycles. The summed E-state index contributed by atoms with van der Waals surface area (Å²) in [7, 11) is -4.94. The van der Waals surface area contributed by atoms with Gasteiger partial charge in [-0.3, -0.25) is 0 Å². The third-order valence-corrected chi connectivity index (χ3v) is 7.09. The van der Waals surface area contributed by atoms with E-state index in [9.17, 15) is 0 Å². The zero-order valence-electron chi connectivity index (χ0n) is 24.0. The van der Waals surface area contributed by atoms with Crippen molar-refractivity contribution in [2.75, 3.05) is 13.2 Å². The van der Waals surface area contributed by atoms with Crippen LogP contribution in [0.3, 0.4) is 0 Å². The van der Waals surface area contributed by atoms with Gasteiger partial charge in [-0.2, -0.15) is 0 Å². The lowest BCUT2D eigenvalue weighted by molar-refractivity contribution is -2.00. The average Bonchev–Trinajstić information content (AvgIpc) is 2.98. The summed E-state index contributed by atoms with van der Waals surface area (Å²) in [5.41, 5.74) is 7.66. The number of hydrogen-bond acceptors (Lipinski definition) is 6. The predicted octanol–water partition coefficient (Wildman–Crippen LogP) is 4.88. The Hall–Kier alpha value is -3.72. The topological polar surface area (TPSA) is 111 Å². The number of hydrogen-bond donors (Lipinski definition) is 0. The largest absolute Gasteiger partial charge is 0.479 e. The van der Waals surface area contributed by atoms with Gasteiger partial charge in [0.2, 0.25) is 0 Å². The lowest BCUT2D eigenvalue weighted by Gasteiger charge is -2.21. The van der Waals surface area contributed by atoms with Crippen LogP contribution in [0.25, 0.3) is 5.57 Å². The first-order valence-electron chi connectivity index (χ1n) is 13.5. The molecule has 0 saturated heterocycles. The van der Waals surface area contributed by atoms with E-state index in [-0.39, 0.29) is 0 Å². The second-order valence-electron chi connectivity index (χ2n) is 9.92. The Morgan fingerprint density at radius 3 is 1.55 bits per heavy atom. The third kappa shape index (κ3) is 10.2. The molecule has 0 aromatic heterocycles. The van der Waals surface area contributed by atoms with Gasteiger partial charge in [0.1, 0.15) is 30.3 Å². The first kappa shape index (κ1) is 33.2. The van der Waals surface area contributed by atoms with Crippen LogP contribution in [0.15, 0.2) is 126 Å². The Balaban J connectivity index is 0.000000818. The molecule has 0 amide bonds. The number of rotatable bonds is 8. The van der Waals surface area contributed by atoms with Crippen LogP contribution in [0.1, 0.15) is 22.3 Å². The van der Waals surface area contributed by atoms with E-state index in [1.165, 1.54) is 11.1 Å². The van der Waals surface area contributed by atoms with Crippen LogP contribution in [0.4, 0.5) is 0 Å². The van der Waals surface area contributed by atoms with E-state index in [1.807, 2.05) is 48.5 Å². The molecule has 1 aliphatic rings. The molecule has 6 nitrogen and oxygen atoms in total. The van der Waals surface area contributed by atoms with Gasteiger partial charge in [0, 0.05) is 39.4 Å². The van der Waals surface area contributed by atoms with E-state index < -0.39 is 10.2 Å². The van der Waals surface area contributed by atoms with E-state index in [1.54, 1.807) is 0 Å². The third-order valence-electron chi connectivity index (χ3n) is 6.58. The number of ether oxygens (including phenoxy) is 2. The molecule has 9 heteroatoms. The lowest BCUT2D eigenvalue weighted by Crippen LogP contribution is -2.68. The zero-order chi connectivity index (χ0) is 31.7. The molecule has 226 valence electrons. The molecule has 0 radical (unpaired) electrons. The minimum absolute atomic E-state index is 0.404. The molecule has 0 heterocycles. The number of benzene rings is 4. The highest BCUT2D eigenvalue weighted by atomic mass is 35.7. The number of aryl methyl sites for hydroxylation is 2. The Labute approximate surface area is 269 Å². The predicted molar refractivity (Wildman–Crippen MR) is 163 cm³/mol. The van der Waals surface area contributed by atoms with Crippen LogP contribution in [0.2, 0.25) is 10.0 Å². The normalized spacial score (nSPS) is 12.7. The Morgan fingerprint density at radius 1 is 0.659 bits per heavy atom. The highest BCUT2D eigenvalue weighted by Crippen LogP contribution is 2.39. The van der Waals surface area contributed by atoms with E-state index >= 15 is 0 Å². The van der Waals surface area contributed by atoms with E-state index in [0.717, 1.165) is 45.3 Å². The summed E-state index contributed by atoms with van der Waals surface area (Å²) in [6.45, 7) is 4.95. The van der Waals surface area contributed by atoms with Crippen LogP contribution in [0, 0.1) is 30.0 Å². The molecule has 4 aromatic rings. The molecule has 0 bridgehead atoms. The zero-order valence-corrected chi connectivity index (χ0v) is 26.2. The van der Waals surface area contributed by atoms with Gasteiger partial charge < -0.3 is 9.47 Å². The summed E-state index contributed by atoms with van der Waals surface area (Å²) in [5, 5.41) is 1.38. The van der Waals surface area contributed by atoms with Crippen LogP contribution >= 0.6 is 23.2 Å². The molecule has 44 heavy (non-hydrogen) atoms. The summed E-state index contributed by atoms with van der Waals surface area (Å²) in [6, 6.07) is 32.1. The van der Waals surface area contributed by atoms with Crippen molar-refractivity contribution in [2.45, 2.75) is 13.8 Å². The van der Waals surface area contributed by atoms with Gasteiger partial charge in [0.25, 0.3) is 0 Å². The lowest BCUT2D eigenvalue weighted by atomic mass is 9.80. The maximum Gasteiger partial charge on any atom is 0.148 e. The summed E-state index contributed by atoms with van der Waals surface area (Å²) >= 11 is 12.6. The monoisotopic (exact) mass is 650 g/mol. The first-order chi connectivity index (χ1) is 21.0. The number of halogens is 3. The van der Waals surface area contributed by atoms with Gasteiger partial charge >= 0.3 is 0 Å². The molecular weight excluding hydrogens is 623 g/mol. The molecule has 0 unspecified atom stereocenters. The first-order valence-corrected chi connectivity index (χ1v) is 15.5. The van der Waals surface area contributed by atoms with Gasteiger partial charge in [0.05, 0.1) is 17.1 Å². The Bertz CT molecular complexity index is 1550. The SMILES string of the molecule is Cc1ccc(OCC2=CC=C[C+](COc3ccc(C)cc3)C2=C(c2ccc(Cl)cc2)c2ccc(Cl)cc2)cc1.[O-][Cl+3]([O-])([O-])[O-]. The van der Waals surface area contributed by atoms with E-state index in [0.29, 0.717) is 23.3 Å². The fourth-order valence-electron chi connectivity index (χ4n) is 4.49. The highest BCUT2D eigenvalue weighted by Gasteiger charge is 2.33. The van der Waals surface area contributed by atoms with Crippen molar-refractivity contribution in [3.8, 4) is 11.5 Å². The van der Waals surface area contributed by atoms with Gasteiger partial charge in [-0.25, -0.2) is 18.6 Å². The van der Waals surface area contributed by atoms with Gasteiger partial charge in [-0.15, -0.1) is 10.2 Å². The molecule has 0 N–H and O–H groups in total. The highest BCUT2D eigenvalue weighted by molar-refractivity contribution is 6.31. The van der Waals surface area contributed by atoms with Crippen LogP contribution in [-0.2, 0) is 0 Å². The van der Waals surface area contributed by atoms with Gasteiger partial charge in [-0.05, 0) is 86.6 Å². The van der Waals surface area contributed by atoms with Crippen molar-refractivity contribution >= 4 is 28.8 Å². The van der Waals surface area contributed by atoms with Crippen molar-refractivity contribution in [3.05, 3.63) is 165 Å². The Morgan fingerprint density at radius 2 is 1.09 bits per heavy atom.